The van der Waals surface area contributed by atoms with Gasteiger partial charge in [0.05, 0.1) is 28.7 Å². The Morgan fingerprint density at radius 1 is 1.05 bits per heavy atom. The SMILES string of the molecule is C[C@H](NC(=O)c1c(N)nn2cccnc12)c1nc2cccc(C#CC3=CN(C)C4C=CC=CC34)c2c(=O)n1-c1ccccc1. The Morgan fingerprint density at radius 2 is 1.86 bits per heavy atom. The van der Waals surface area contributed by atoms with Crippen LogP contribution in [0.1, 0.15) is 34.7 Å². The quantitative estimate of drug-likeness (QED) is 0.310. The van der Waals surface area contributed by atoms with E-state index < -0.39 is 11.9 Å². The Bertz CT molecular complexity index is 2160. The van der Waals surface area contributed by atoms with Crippen molar-refractivity contribution in [3.05, 3.63) is 130 Å². The lowest BCUT2D eigenvalue weighted by atomic mass is 9.91. The Morgan fingerprint density at radius 3 is 2.70 bits per heavy atom. The zero-order valence-corrected chi connectivity index (χ0v) is 24.0. The van der Waals surface area contributed by atoms with Crippen LogP contribution in [0, 0.1) is 17.8 Å². The number of amides is 1. The third-order valence-electron chi connectivity index (χ3n) is 7.94. The van der Waals surface area contributed by atoms with E-state index in [1.807, 2.05) is 55.6 Å². The van der Waals surface area contributed by atoms with Gasteiger partial charge in [0.1, 0.15) is 11.4 Å². The molecule has 1 aliphatic heterocycles. The first kappa shape index (κ1) is 26.9. The highest BCUT2D eigenvalue weighted by Gasteiger charge is 2.30. The molecule has 5 aromatic rings. The lowest BCUT2D eigenvalue weighted by Crippen LogP contribution is -2.33. The van der Waals surface area contributed by atoms with Gasteiger partial charge in [0, 0.05) is 42.7 Å². The molecule has 0 spiro atoms. The molecule has 2 unspecified atom stereocenters. The maximum atomic E-state index is 14.4. The first-order valence-corrected chi connectivity index (χ1v) is 14.2. The van der Waals surface area contributed by atoms with Crippen molar-refractivity contribution in [1.82, 2.24) is 34.4 Å². The third-order valence-corrected chi connectivity index (χ3v) is 7.94. The number of hydrogen-bond acceptors (Lipinski definition) is 7. The standard InChI is InChI=1S/C34H28N8O2/c1-21(37-33(43)29-30(35)39-41-19-9-18-36-32(29)41)31-38-26-14-8-10-22(28(26)34(44)42(31)24-11-4-3-5-12-24)16-17-23-20-40(2)27-15-7-6-13-25(23)27/h3-15,18-21,25,27H,1-2H3,(H2,35,39)(H,37,43)/t21-,25?,27?/m0/s1. The molecule has 3 atom stereocenters. The van der Waals surface area contributed by atoms with Gasteiger partial charge in [-0.25, -0.2) is 14.5 Å². The van der Waals surface area contributed by atoms with Gasteiger partial charge in [0.25, 0.3) is 11.5 Å². The molecule has 0 fully saturated rings. The minimum Gasteiger partial charge on any atom is -0.381 e. The summed E-state index contributed by atoms with van der Waals surface area (Å²) in [5.74, 6) is 6.70. The molecular weight excluding hydrogens is 552 g/mol. The molecule has 0 bridgehead atoms. The monoisotopic (exact) mass is 580 g/mol. The van der Waals surface area contributed by atoms with Crippen LogP contribution in [0.15, 0.2) is 108 Å². The predicted octanol–water partition coefficient (Wildman–Crippen LogP) is 3.79. The minimum absolute atomic E-state index is 0.0539. The van der Waals surface area contributed by atoms with E-state index in [9.17, 15) is 9.59 Å². The van der Waals surface area contributed by atoms with Gasteiger partial charge in [-0.2, -0.15) is 0 Å². The topological polar surface area (TPSA) is 123 Å². The number of anilines is 1. The van der Waals surface area contributed by atoms with Crippen LogP contribution in [-0.2, 0) is 0 Å². The fraction of sp³-hybridized carbons (Fsp3) is 0.147. The maximum Gasteiger partial charge on any atom is 0.267 e. The maximum absolute atomic E-state index is 14.4. The molecule has 0 radical (unpaired) electrons. The Kier molecular flexibility index (Phi) is 6.55. The van der Waals surface area contributed by atoms with E-state index in [1.165, 1.54) is 9.08 Å². The average molecular weight is 581 g/mol. The van der Waals surface area contributed by atoms with Gasteiger partial charge in [-0.15, -0.1) is 5.10 Å². The molecule has 216 valence electrons. The van der Waals surface area contributed by atoms with Crippen molar-refractivity contribution in [3.8, 4) is 17.5 Å². The molecule has 2 aromatic carbocycles. The zero-order chi connectivity index (χ0) is 30.4. The average Bonchev–Trinajstić information content (AvgIpc) is 3.55. The van der Waals surface area contributed by atoms with Gasteiger partial charge in [0.15, 0.2) is 11.5 Å². The van der Waals surface area contributed by atoms with E-state index >= 15 is 0 Å². The fourth-order valence-corrected chi connectivity index (χ4v) is 5.84. The molecule has 44 heavy (non-hydrogen) atoms. The lowest BCUT2D eigenvalue weighted by Gasteiger charge is -2.23. The number of nitrogens with two attached hydrogens (primary N) is 1. The number of fused-ring (bicyclic) bond motifs is 3. The van der Waals surface area contributed by atoms with Crippen LogP contribution in [0.5, 0.6) is 0 Å². The smallest absolute Gasteiger partial charge is 0.267 e. The van der Waals surface area contributed by atoms with Crippen molar-refractivity contribution < 1.29 is 4.79 Å². The Labute approximate surface area is 252 Å². The number of para-hydroxylation sites is 1. The van der Waals surface area contributed by atoms with Crippen molar-refractivity contribution in [2.75, 3.05) is 12.8 Å². The number of carbonyl (C=O) groups is 1. The first-order chi connectivity index (χ1) is 21.4. The number of benzene rings is 2. The zero-order valence-electron chi connectivity index (χ0n) is 24.0. The summed E-state index contributed by atoms with van der Waals surface area (Å²) in [6.07, 6.45) is 13.7. The number of rotatable bonds is 4. The second kappa shape index (κ2) is 10.7. The lowest BCUT2D eigenvalue weighted by molar-refractivity contribution is 0.0940. The number of likely N-dealkylation sites (N-methyl/N-ethyl adjacent to an activating group) is 1. The van der Waals surface area contributed by atoms with Crippen LogP contribution in [0.4, 0.5) is 5.82 Å². The van der Waals surface area contributed by atoms with E-state index in [2.05, 4.69) is 56.6 Å². The molecule has 0 saturated carbocycles. The van der Waals surface area contributed by atoms with Crippen molar-refractivity contribution in [1.29, 1.82) is 0 Å². The summed E-state index contributed by atoms with van der Waals surface area (Å²) in [5, 5.41) is 7.55. The van der Waals surface area contributed by atoms with E-state index in [0.717, 1.165) is 5.57 Å². The predicted molar refractivity (Wildman–Crippen MR) is 169 cm³/mol. The third kappa shape index (κ3) is 4.51. The van der Waals surface area contributed by atoms with Crippen LogP contribution in [0.2, 0.25) is 0 Å². The summed E-state index contributed by atoms with van der Waals surface area (Å²) in [5.41, 5.74) is 8.97. The molecule has 3 N–H and O–H groups in total. The highest BCUT2D eigenvalue weighted by Crippen LogP contribution is 2.31. The van der Waals surface area contributed by atoms with Crippen LogP contribution >= 0.6 is 0 Å². The number of nitrogens with zero attached hydrogens (tertiary/aromatic N) is 6. The number of nitrogen functional groups attached to an aromatic ring is 1. The molecule has 10 heteroatoms. The molecule has 2 aliphatic rings. The summed E-state index contributed by atoms with van der Waals surface area (Å²) in [6.45, 7) is 1.77. The second-order valence-electron chi connectivity index (χ2n) is 10.8. The molecule has 1 aliphatic carbocycles. The summed E-state index contributed by atoms with van der Waals surface area (Å²) < 4.78 is 2.98. The number of allylic oxidation sites excluding steroid dienone is 2. The summed E-state index contributed by atoms with van der Waals surface area (Å²) in [7, 11) is 2.04. The van der Waals surface area contributed by atoms with E-state index in [1.54, 1.807) is 31.5 Å². The van der Waals surface area contributed by atoms with E-state index in [0.29, 0.717) is 33.6 Å². The number of nitrogens with one attached hydrogen (secondary N) is 1. The molecule has 1 amide bonds. The van der Waals surface area contributed by atoms with Crippen molar-refractivity contribution in [2.24, 2.45) is 5.92 Å². The van der Waals surface area contributed by atoms with E-state index in [4.69, 9.17) is 10.7 Å². The van der Waals surface area contributed by atoms with Gasteiger partial charge in [-0.3, -0.25) is 14.2 Å². The van der Waals surface area contributed by atoms with Crippen LogP contribution < -0.4 is 16.6 Å². The first-order valence-electron chi connectivity index (χ1n) is 14.2. The van der Waals surface area contributed by atoms with Crippen LogP contribution in [-0.4, -0.2) is 48.0 Å². The normalized spacial score (nSPS) is 17.7. The highest BCUT2D eigenvalue weighted by atomic mass is 16.2. The second-order valence-corrected chi connectivity index (χ2v) is 10.8. The van der Waals surface area contributed by atoms with Gasteiger partial charge in [-0.05, 0) is 37.3 Å². The van der Waals surface area contributed by atoms with Gasteiger partial charge in [-0.1, -0.05) is 60.4 Å². The molecular formula is C34H28N8O2. The van der Waals surface area contributed by atoms with E-state index in [-0.39, 0.29) is 28.9 Å². The Hall–Kier alpha value is -5.95. The molecule has 10 nitrogen and oxygen atoms in total. The Balaban J connectivity index is 1.32. The van der Waals surface area contributed by atoms with Gasteiger partial charge in [0.2, 0.25) is 0 Å². The number of hydrogen-bond donors (Lipinski definition) is 2. The summed E-state index contributed by atoms with van der Waals surface area (Å²) in [4.78, 5) is 39.2. The van der Waals surface area contributed by atoms with Crippen LogP contribution in [0.3, 0.4) is 0 Å². The number of carbonyl (C=O) groups excluding carboxylic acids is 1. The summed E-state index contributed by atoms with van der Waals surface area (Å²) in [6, 6.07) is 15.9. The number of aromatic nitrogens is 5. The molecule has 3 aromatic heterocycles. The van der Waals surface area contributed by atoms with Crippen molar-refractivity contribution in [3.63, 3.8) is 0 Å². The minimum atomic E-state index is -0.685. The summed E-state index contributed by atoms with van der Waals surface area (Å²) >= 11 is 0. The fourth-order valence-electron chi connectivity index (χ4n) is 5.84. The largest absolute Gasteiger partial charge is 0.381 e. The van der Waals surface area contributed by atoms with Crippen molar-refractivity contribution in [2.45, 2.75) is 19.0 Å². The molecule has 0 saturated heterocycles. The van der Waals surface area contributed by atoms with Crippen LogP contribution in [0.25, 0.3) is 22.2 Å². The van der Waals surface area contributed by atoms with Gasteiger partial charge < -0.3 is 16.0 Å². The van der Waals surface area contributed by atoms with Crippen molar-refractivity contribution >= 4 is 28.3 Å². The molecule has 7 rings (SSSR count). The van der Waals surface area contributed by atoms with Gasteiger partial charge >= 0.3 is 0 Å². The molecule has 4 heterocycles. The highest BCUT2D eigenvalue weighted by molar-refractivity contribution is 6.04.